The molecule has 2 aliphatic rings. The Morgan fingerprint density at radius 1 is 0.926 bits per heavy atom. The highest BCUT2D eigenvalue weighted by molar-refractivity contribution is 5.78. The number of pyridine rings is 2. The normalized spacial score (nSPS) is 14.4. The molecule has 17 nitrogen and oxygen atoms in total. The summed E-state index contributed by atoms with van der Waals surface area (Å²) in [5, 5.41) is 15.9. The number of aliphatic carboxylic acids is 1. The summed E-state index contributed by atoms with van der Waals surface area (Å²) in [6.45, 7) is 5.72. The molecule has 3 amide bonds. The van der Waals surface area contributed by atoms with E-state index in [0.717, 1.165) is 31.4 Å². The Balaban J connectivity index is 1.04. The molecular weight excluding hydrogens is 700 g/mol. The van der Waals surface area contributed by atoms with Crippen LogP contribution < -0.4 is 10.1 Å². The average Bonchev–Trinajstić information content (AvgIpc) is 3.54. The van der Waals surface area contributed by atoms with Crippen LogP contribution in [0.4, 0.5) is 4.79 Å². The third kappa shape index (κ3) is 15.4. The first kappa shape index (κ1) is 42.2. The number of aryl methyl sites for hydroxylation is 3. The Morgan fingerprint density at radius 2 is 1.67 bits per heavy atom. The van der Waals surface area contributed by atoms with E-state index in [-0.39, 0.29) is 31.4 Å². The second-order valence-corrected chi connectivity index (χ2v) is 12.9. The monoisotopic (exact) mass is 754 g/mol. The molecule has 0 spiro atoms. The van der Waals surface area contributed by atoms with Crippen LogP contribution >= 0.6 is 0 Å². The number of nitrogens with one attached hydrogen (secondary N) is 1. The molecule has 1 atom stereocenters. The van der Waals surface area contributed by atoms with Crippen LogP contribution in [0.1, 0.15) is 67.1 Å². The van der Waals surface area contributed by atoms with Crippen LogP contribution in [0.25, 0.3) is 10.4 Å². The van der Waals surface area contributed by atoms with Crippen molar-refractivity contribution in [2.45, 2.75) is 63.8 Å². The van der Waals surface area contributed by atoms with Crippen molar-refractivity contribution in [1.29, 1.82) is 0 Å². The number of carboxylic acids is 1. The highest BCUT2D eigenvalue weighted by atomic mass is 16.6. The van der Waals surface area contributed by atoms with Crippen molar-refractivity contribution >= 4 is 17.9 Å². The number of carboxylic acid groups (broad SMARTS) is 1. The minimum Gasteiger partial charge on any atom is -0.481 e. The highest BCUT2D eigenvalue weighted by Crippen LogP contribution is 2.29. The van der Waals surface area contributed by atoms with E-state index in [1.165, 1.54) is 24.1 Å². The number of nitrogens with zero attached hydrogens (tertiary/aromatic N) is 7. The third-order valence-electron chi connectivity index (χ3n) is 8.99. The largest absolute Gasteiger partial charge is 0.481 e. The molecule has 3 heterocycles. The zero-order chi connectivity index (χ0) is 38.2. The van der Waals surface area contributed by atoms with Gasteiger partial charge in [0.25, 0.3) is 0 Å². The first-order chi connectivity index (χ1) is 26.4. The van der Waals surface area contributed by atoms with Gasteiger partial charge in [0.1, 0.15) is 0 Å². The molecular formula is C37H54N8O9. The van der Waals surface area contributed by atoms with Crippen LogP contribution in [0.2, 0.25) is 0 Å². The third-order valence-corrected chi connectivity index (χ3v) is 8.99. The summed E-state index contributed by atoms with van der Waals surface area (Å²) < 4.78 is 27.2. The second kappa shape index (κ2) is 24.7. The molecule has 2 N–H and O–H groups in total. The number of aromatic nitrogens is 2. The lowest BCUT2D eigenvalue weighted by Crippen LogP contribution is -2.36. The molecule has 1 aliphatic carbocycles. The number of fused-ring (bicyclic) bond motifs is 1. The lowest BCUT2D eigenvalue weighted by atomic mass is 9.95. The smallest absolute Gasteiger partial charge is 0.320 e. The van der Waals surface area contributed by atoms with Crippen molar-refractivity contribution in [1.82, 2.24) is 25.1 Å². The standard InChI is InChI=1S/C37H54N8O9/c38-43-41-14-20-51-22-24-53-26-25-52-23-21-50-19-12-34(46)39-13-4-18-54-35-11-9-30(28-40-35)33(27-36(47)48)45-17-16-44(37(45)49)15-3-6-31-10-8-29-5-1-2-7-32(29)42-31/h8-11,28,33H,1-7,12-27H2,(H,39,46)(H,47,48)/t33-/m0/s1. The van der Waals surface area contributed by atoms with Gasteiger partial charge < -0.3 is 43.9 Å². The van der Waals surface area contributed by atoms with E-state index < -0.39 is 12.0 Å². The average molecular weight is 755 g/mol. The van der Waals surface area contributed by atoms with Gasteiger partial charge in [0.05, 0.1) is 71.9 Å². The number of rotatable bonds is 28. The summed E-state index contributed by atoms with van der Waals surface area (Å²) in [6.07, 6.45) is 8.26. The maximum absolute atomic E-state index is 13.4. The number of hydrogen-bond donors (Lipinski definition) is 2. The van der Waals surface area contributed by atoms with Crippen molar-refractivity contribution in [3.8, 4) is 5.88 Å². The van der Waals surface area contributed by atoms with Crippen molar-refractivity contribution < 1.29 is 43.2 Å². The van der Waals surface area contributed by atoms with E-state index in [1.807, 2.05) is 0 Å². The molecule has 0 radical (unpaired) electrons. The van der Waals surface area contributed by atoms with Crippen LogP contribution in [0.3, 0.4) is 0 Å². The fraction of sp³-hybridized carbons (Fsp3) is 0.649. The molecule has 2 aromatic heterocycles. The Morgan fingerprint density at radius 3 is 2.39 bits per heavy atom. The molecule has 0 aromatic carbocycles. The predicted molar refractivity (Wildman–Crippen MR) is 197 cm³/mol. The van der Waals surface area contributed by atoms with Crippen LogP contribution in [0.5, 0.6) is 5.88 Å². The van der Waals surface area contributed by atoms with E-state index in [1.54, 1.807) is 28.1 Å². The minimum absolute atomic E-state index is 0.126. The van der Waals surface area contributed by atoms with Gasteiger partial charge in [0.15, 0.2) is 0 Å². The van der Waals surface area contributed by atoms with Gasteiger partial charge in [-0.3, -0.25) is 14.6 Å². The van der Waals surface area contributed by atoms with Gasteiger partial charge in [-0.1, -0.05) is 17.2 Å². The van der Waals surface area contributed by atoms with Crippen molar-refractivity contribution in [3.63, 3.8) is 0 Å². The molecule has 0 unspecified atom stereocenters. The zero-order valence-corrected chi connectivity index (χ0v) is 31.1. The zero-order valence-electron chi connectivity index (χ0n) is 31.1. The summed E-state index contributed by atoms with van der Waals surface area (Å²) in [7, 11) is 0. The Hall–Kier alpha value is -4.54. The van der Waals surface area contributed by atoms with Gasteiger partial charge in [0.2, 0.25) is 11.8 Å². The summed E-state index contributed by atoms with van der Waals surface area (Å²) in [4.78, 5) is 52.5. The number of carbonyl (C=O) groups excluding carboxylic acids is 2. The minimum atomic E-state index is -0.995. The second-order valence-electron chi connectivity index (χ2n) is 12.9. The Labute approximate surface area is 316 Å². The topological polar surface area (TPSA) is 211 Å². The maximum Gasteiger partial charge on any atom is 0.320 e. The molecule has 4 rings (SSSR count). The number of hydrogen-bond acceptors (Lipinski definition) is 11. The quantitative estimate of drug-likeness (QED) is 0.0551. The molecule has 1 aliphatic heterocycles. The summed E-state index contributed by atoms with van der Waals surface area (Å²) in [5.41, 5.74) is 12.4. The summed E-state index contributed by atoms with van der Waals surface area (Å²) >= 11 is 0. The number of urea groups is 1. The van der Waals surface area contributed by atoms with Gasteiger partial charge in [-0.05, 0) is 67.7 Å². The van der Waals surface area contributed by atoms with Gasteiger partial charge in [-0.25, -0.2) is 9.78 Å². The van der Waals surface area contributed by atoms with Crippen LogP contribution in [-0.4, -0.2) is 135 Å². The van der Waals surface area contributed by atoms with Gasteiger partial charge in [-0.2, -0.15) is 0 Å². The fourth-order valence-corrected chi connectivity index (χ4v) is 6.21. The Bertz CT molecular complexity index is 1490. The lowest BCUT2D eigenvalue weighted by Gasteiger charge is -2.27. The van der Waals surface area contributed by atoms with Crippen molar-refractivity contribution in [2.24, 2.45) is 5.11 Å². The molecule has 1 fully saturated rings. The summed E-state index contributed by atoms with van der Waals surface area (Å²) in [5.74, 6) is -0.746. The number of azide groups is 1. The van der Waals surface area contributed by atoms with E-state index in [9.17, 15) is 19.5 Å². The van der Waals surface area contributed by atoms with Crippen LogP contribution in [0.15, 0.2) is 35.6 Å². The first-order valence-electron chi connectivity index (χ1n) is 18.9. The lowest BCUT2D eigenvalue weighted by molar-refractivity contribution is -0.138. The molecule has 0 saturated carbocycles. The van der Waals surface area contributed by atoms with E-state index in [4.69, 9.17) is 34.2 Å². The van der Waals surface area contributed by atoms with Crippen molar-refractivity contribution in [2.75, 3.05) is 92.2 Å². The SMILES string of the molecule is [N-]=[N+]=NCCOCCOCCOCCOCCC(=O)NCCCOc1ccc([C@H](CC(=O)O)N2CCN(CCCc3ccc4c(n3)CCCC4)C2=O)cn1. The van der Waals surface area contributed by atoms with E-state index in [0.29, 0.717) is 103 Å². The molecule has 2 aromatic rings. The summed E-state index contributed by atoms with van der Waals surface area (Å²) in [6, 6.07) is 6.91. The van der Waals surface area contributed by atoms with Crippen LogP contribution in [-0.2, 0) is 47.8 Å². The predicted octanol–water partition coefficient (Wildman–Crippen LogP) is 3.89. The number of ether oxygens (including phenoxy) is 5. The fourth-order valence-electron chi connectivity index (χ4n) is 6.21. The maximum atomic E-state index is 13.4. The Kier molecular flexibility index (Phi) is 19.3. The van der Waals surface area contributed by atoms with E-state index >= 15 is 0 Å². The molecule has 296 valence electrons. The van der Waals surface area contributed by atoms with Crippen molar-refractivity contribution in [3.05, 3.63) is 63.4 Å². The first-order valence-corrected chi connectivity index (χ1v) is 18.9. The molecule has 1 saturated heterocycles. The van der Waals surface area contributed by atoms with Crippen LogP contribution in [0, 0.1) is 0 Å². The number of amides is 3. The highest BCUT2D eigenvalue weighted by Gasteiger charge is 2.35. The number of carbonyl (C=O) groups is 3. The molecule has 54 heavy (non-hydrogen) atoms. The van der Waals surface area contributed by atoms with Gasteiger partial charge in [0, 0.05) is 67.7 Å². The van der Waals surface area contributed by atoms with Gasteiger partial charge >= 0.3 is 12.0 Å². The van der Waals surface area contributed by atoms with E-state index in [2.05, 4.69) is 32.5 Å². The molecule has 17 heteroatoms. The van der Waals surface area contributed by atoms with Gasteiger partial charge in [-0.15, -0.1) is 0 Å². The molecule has 0 bridgehead atoms.